The van der Waals surface area contributed by atoms with Crippen molar-refractivity contribution in [2.75, 3.05) is 20.1 Å². The molecule has 2 heterocycles. The number of amides is 1. The number of hydrogen-bond acceptors (Lipinski definition) is 4. The summed E-state index contributed by atoms with van der Waals surface area (Å²) in [7, 11) is 2.00. The lowest BCUT2D eigenvalue weighted by Gasteiger charge is -2.35. The maximum Gasteiger partial charge on any atom is 0.255 e. The Labute approximate surface area is 203 Å². The second kappa shape index (κ2) is 10.5. The molecule has 8 heteroatoms. The van der Waals surface area contributed by atoms with E-state index in [1.54, 1.807) is 10.9 Å². The zero-order valence-electron chi connectivity index (χ0n) is 20.2. The van der Waals surface area contributed by atoms with Crippen LogP contribution in [-0.2, 0) is 24.3 Å². The van der Waals surface area contributed by atoms with Crippen LogP contribution in [0.5, 0.6) is 0 Å². The SMILES string of the molecule is CCc1ccc(Cn2cc(C(=O)NCc3c(F)ccc(C(C)C=O)c3F)c(C3CN(C)C3)n2)cc1. The van der Waals surface area contributed by atoms with E-state index in [4.69, 9.17) is 5.10 Å². The van der Waals surface area contributed by atoms with Crippen LogP contribution in [0.1, 0.15) is 64.0 Å². The lowest BCUT2D eigenvalue weighted by molar-refractivity contribution is -0.108. The van der Waals surface area contributed by atoms with Gasteiger partial charge in [0.15, 0.2) is 0 Å². The second-order valence-corrected chi connectivity index (χ2v) is 9.25. The molecular weight excluding hydrogens is 450 g/mol. The Balaban J connectivity index is 1.55. The third-order valence-corrected chi connectivity index (χ3v) is 6.60. The normalized spacial score (nSPS) is 15.0. The zero-order chi connectivity index (χ0) is 25.1. The first-order valence-electron chi connectivity index (χ1n) is 11.8. The van der Waals surface area contributed by atoms with E-state index in [1.807, 2.05) is 7.05 Å². The van der Waals surface area contributed by atoms with Gasteiger partial charge in [-0.3, -0.25) is 9.48 Å². The van der Waals surface area contributed by atoms with Crippen molar-refractivity contribution in [1.29, 1.82) is 0 Å². The third-order valence-electron chi connectivity index (χ3n) is 6.60. The summed E-state index contributed by atoms with van der Waals surface area (Å²) in [5.74, 6) is -2.60. The van der Waals surface area contributed by atoms with Gasteiger partial charge in [0.05, 0.1) is 17.8 Å². The average Bonchev–Trinajstić information content (AvgIpc) is 3.25. The number of likely N-dealkylation sites (N-methyl/N-ethyl adjacent to an activating group) is 1. The van der Waals surface area contributed by atoms with E-state index >= 15 is 0 Å². The Kier molecular flexibility index (Phi) is 7.40. The molecule has 2 aromatic carbocycles. The summed E-state index contributed by atoms with van der Waals surface area (Å²) in [4.78, 5) is 26.4. The molecule has 6 nitrogen and oxygen atoms in total. The van der Waals surface area contributed by atoms with E-state index in [0.717, 1.165) is 31.1 Å². The monoisotopic (exact) mass is 480 g/mol. The Morgan fingerprint density at radius 2 is 1.86 bits per heavy atom. The molecule has 1 unspecified atom stereocenters. The number of carbonyl (C=O) groups excluding carboxylic acids is 2. The molecule has 1 N–H and O–H groups in total. The fraction of sp³-hybridized carbons (Fsp3) is 0.370. The van der Waals surface area contributed by atoms with E-state index in [9.17, 15) is 18.4 Å². The van der Waals surface area contributed by atoms with Crippen LogP contribution < -0.4 is 5.32 Å². The van der Waals surface area contributed by atoms with Crippen LogP contribution in [0, 0.1) is 11.6 Å². The number of aldehydes is 1. The van der Waals surface area contributed by atoms with Crippen LogP contribution >= 0.6 is 0 Å². The van der Waals surface area contributed by atoms with Crippen molar-refractivity contribution in [3.63, 3.8) is 0 Å². The van der Waals surface area contributed by atoms with Crippen LogP contribution in [0.3, 0.4) is 0 Å². The van der Waals surface area contributed by atoms with Gasteiger partial charge in [0.1, 0.15) is 17.9 Å². The molecule has 4 rings (SSSR count). The molecule has 1 amide bonds. The highest BCUT2D eigenvalue weighted by atomic mass is 19.1. The molecule has 1 aliphatic heterocycles. The van der Waals surface area contributed by atoms with Gasteiger partial charge in [0.25, 0.3) is 5.91 Å². The molecule has 184 valence electrons. The van der Waals surface area contributed by atoms with Gasteiger partial charge in [-0.25, -0.2) is 8.78 Å². The van der Waals surface area contributed by atoms with Crippen LogP contribution in [-0.4, -0.2) is 47.0 Å². The van der Waals surface area contributed by atoms with Crippen molar-refractivity contribution in [2.45, 2.75) is 45.2 Å². The molecule has 35 heavy (non-hydrogen) atoms. The van der Waals surface area contributed by atoms with Crippen LogP contribution in [0.15, 0.2) is 42.6 Å². The van der Waals surface area contributed by atoms with Gasteiger partial charge in [-0.15, -0.1) is 0 Å². The number of nitrogens with one attached hydrogen (secondary N) is 1. The molecule has 1 atom stereocenters. The van der Waals surface area contributed by atoms with E-state index in [1.165, 1.54) is 18.6 Å². The summed E-state index contributed by atoms with van der Waals surface area (Å²) in [5, 5.41) is 7.36. The summed E-state index contributed by atoms with van der Waals surface area (Å²) in [5.41, 5.74) is 3.25. The molecule has 1 fully saturated rings. The topological polar surface area (TPSA) is 67.2 Å². The number of carbonyl (C=O) groups is 2. The third kappa shape index (κ3) is 5.32. The van der Waals surface area contributed by atoms with Gasteiger partial charge < -0.3 is 15.0 Å². The Morgan fingerprint density at radius 1 is 1.17 bits per heavy atom. The molecule has 0 aliphatic carbocycles. The predicted octanol–water partition coefficient (Wildman–Crippen LogP) is 4.03. The van der Waals surface area contributed by atoms with Gasteiger partial charge in [-0.05, 0) is 36.2 Å². The summed E-state index contributed by atoms with van der Waals surface area (Å²) in [6, 6.07) is 10.6. The first-order chi connectivity index (χ1) is 16.8. The van der Waals surface area contributed by atoms with Crippen molar-refractivity contribution in [3.8, 4) is 0 Å². The van der Waals surface area contributed by atoms with Crippen molar-refractivity contribution < 1.29 is 18.4 Å². The molecule has 1 saturated heterocycles. The summed E-state index contributed by atoms with van der Waals surface area (Å²) in [6.45, 7) is 5.41. The zero-order valence-corrected chi connectivity index (χ0v) is 20.2. The van der Waals surface area contributed by atoms with E-state index in [2.05, 4.69) is 41.4 Å². The molecule has 1 aromatic heterocycles. The lowest BCUT2D eigenvalue weighted by atomic mass is 9.94. The number of aromatic nitrogens is 2. The summed E-state index contributed by atoms with van der Waals surface area (Å²) < 4.78 is 31.0. The first-order valence-corrected chi connectivity index (χ1v) is 11.8. The summed E-state index contributed by atoms with van der Waals surface area (Å²) >= 11 is 0. The summed E-state index contributed by atoms with van der Waals surface area (Å²) in [6.07, 6.45) is 3.27. The van der Waals surface area contributed by atoms with E-state index < -0.39 is 23.5 Å². The fourth-order valence-corrected chi connectivity index (χ4v) is 4.40. The number of nitrogens with zero attached hydrogens (tertiary/aromatic N) is 3. The van der Waals surface area contributed by atoms with Crippen molar-refractivity contribution in [1.82, 2.24) is 20.0 Å². The largest absolute Gasteiger partial charge is 0.348 e. The predicted molar refractivity (Wildman–Crippen MR) is 129 cm³/mol. The highest BCUT2D eigenvalue weighted by Gasteiger charge is 2.32. The Bertz CT molecular complexity index is 1220. The Hall–Kier alpha value is -3.39. The quantitative estimate of drug-likeness (QED) is 0.470. The van der Waals surface area contributed by atoms with Crippen molar-refractivity contribution in [2.24, 2.45) is 0 Å². The van der Waals surface area contributed by atoms with Crippen molar-refractivity contribution in [3.05, 3.63) is 87.7 Å². The lowest BCUT2D eigenvalue weighted by Crippen LogP contribution is -2.42. The number of rotatable bonds is 9. The molecule has 0 radical (unpaired) electrons. The standard InChI is InChI=1S/C27H30F2N4O2/c1-4-18-5-7-19(8-6-18)12-33-15-23(26(31-33)20-13-32(3)14-20)27(35)30-11-22-24(28)10-9-21(25(22)29)17(2)16-34/h5-10,15-17,20H,4,11-14H2,1-3H3,(H,30,35). The maximum atomic E-state index is 14.9. The van der Waals surface area contributed by atoms with Gasteiger partial charge in [-0.1, -0.05) is 44.2 Å². The van der Waals surface area contributed by atoms with Crippen LogP contribution in [0.25, 0.3) is 0 Å². The van der Waals surface area contributed by atoms with Gasteiger partial charge in [-0.2, -0.15) is 5.10 Å². The minimum atomic E-state index is -0.808. The minimum Gasteiger partial charge on any atom is -0.348 e. The number of hydrogen-bond donors (Lipinski definition) is 1. The molecular formula is C27H30F2N4O2. The molecule has 0 saturated carbocycles. The molecule has 0 bridgehead atoms. The van der Waals surface area contributed by atoms with Gasteiger partial charge in [0, 0.05) is 43.2 Å². The maximum absolute atomic E-state index is 14.9. The van der Waals surface area contributed by atoms with Crippen LogP contribution in [0.2, 0.25) is 0 Å². The molecule has 0 spiro atoms. The fourth-order valence-electron chi connectivity index (χ4n) is 4.40. The highest BCUT2D eigenvalue weighted by Crippen LogP contribution is 2.28. The van der Waals surface area contributed by atoms with E-state index in [-0.39, 0.29) is 23.6 Å². The van der Waals surface area contributed by atoms with Gasteiger partial charge in [0.2, 0.25) is 0 Å². The molecule has 1 aliphatic rings. The smallest absolute Gasteiger partial charge is 0.255 e. The van der Waals surface area contributed by atoms with Gasteiger partial charge >= 0.3 is 0 Å². The molecule has 3 aromatic rings. The average molecular weight is 481 g/mol. The highest BCUT2D eigenvalue weighted by molar-refractivity contribution is 5.95. The Morgan fingerprint density at radius 3 is 2.49 bits per heavy atom. The minimum absolute atomic E-state index is 0.103. The van der Waals surface area contributed by atoms with Crippen molar-refractivity contribution >= 4 is 12.2 Å². The second-order valence-electron chi connectivity index (χ2n) is 9.25. The number of benzene rings is 2. The first kappa shape index (κ1) is 24.7. The van der Waals surface area contributed by atoms with E-state index in [0.29, 0.717) is 24.1 Å². The number of halogens is 2. The number of likely N-dealkylation sites (tertiary alicyclic amines) is 1. The number of aryl methyl sites for hydroxylation is 1. The van der Waals surface area contributed by atoms with Crippen LogP contribution in [0.4, 0.5) is 8.78 Å².